The second-order valence-electron chi connectivity index (χ2n) is 4.25. The molecule has 1 aliphatic heterocycles. The molecule has 4 nitrogen and oxygen atoms in total. The zero-order chi connectivity index (χ0) is 13.2. The molecule has 0 saturated carbocycles. The maximum absolute atomic E-state index is 12.1. The van der Waals surface area contributed by atoms with Gasteiger partial charge in [-0.15, -0.1) is 0 Å². The van der Waals surface area contributed by atoms with Crippen molar-refractivity contribution in [3.63, 3.8) is 0 Å². The monoisotopic (exact) mass is 256 g/mol. The molecule has 3 rings (SSSR count). The summed E-state index contributed by atoms with van der Waals surface area (Å²) in [7, 11) is 0. The van der Waals surface area contributed by atoms with Crippen LogP contribution in [0.2, 0.25) is 0 Å². The molecule has 0 spiro atoms. The Bertz CT molecular complexity index is 607. The Labute approximate surface area is 110 Å². The highest BCUT2D eigenvalue weighted by molar-refractivity contribution is 5.99. The van der Waals surface area contributed by atoms with E-state index >= 15 is 0 Å². The van der Waals surface area contributed by atoms with Crippen LogP contribution in [0.4, 0.5) is 0 Å². The molecule has 0 aromatic heterocycles. The van der Waals surface area contributed by atoms with Crippen molar-refractivity contribution in [3.05, 3.63) is 59.7 Å². The van der Waals surface area contributed by atoms with Gasteiger partial charge in [0.05, 0.1) is 0 Å². The van der Waals surface area contributed by atoms with Crippen LogP contribution in [-0.4, -0.2) is 17.7 Å². The highest BCUT2D eigenvalue weighted by atomic mass is 16.7. The molecule has 0 radical (unpaired) electrons. The molecule has 2 aromatic rings. The van der Waals surface area contributed by atoms with Crippen molar-refractivity contribution in [2.45, 2.75) is 6.10 Å². The normalized spacial score (nSPS) is 14.2. The van der Waals surface area contributed by atoms with Crippen molar-refractivity contribution in [1.29, 1.82) is 0 Å². The molecular formula is C15H12O4. The third kappa shape index (κ3) is 2.18. The first-order chi connectivity index (χ1) is 9.25. The van der Waals surface area contributed by atoms with Crippen LogP contribution in [0.25, 0.3) is 0 Å². The van der Waals surface area contributed by atoms with Gasteiger partial charge in [-0.3, -0.25) is 4.79 Å². The third-order valence-electron chi connectivity index (χ3n) is 3.02. The van der Waals surface area contributed by atoms with E-state index in [1.807, 2.05) is 6.07 Å². The molecule has 96 valence electrons. The number of rotatable bonds is 3. The predicted molar refractivity (Wildman–Crippen MR) is 68.3 cm³/mol. The Balaban J connectivity index is 1.88. The van der Waals surface area contributed by atoms with Crippen LogP contribution in [0.15, 0.2) is 48.5 Å². The Kier molecular flexibility index (Phi) is 2.93. The maximum Gasteiger partial charge on any atom is 0.231 e. The first-order valence-corrected chi connectivity index (χ1v) is 5.92. The van der Waals surface area contributed by atoms with Gasteiger partial charge in [-0.2, -0.15) is 0 Å². The van der Waals surface area contributed by atoms with Gasteiger partial charge in [0.15, 0.2) is 17.3 Å². The van der Waals surface area contributed by atoms with Crippen LogP contribution in [0.1, 0.15) is 22.0 Å². The first kappa shape index (κ1) is 11.7. The first-order valence-electron chi connectivity index (χ1n) is 5.92. The van der Waals surface area contributed by atoms with Crippen LogP contribution in [0.3, 0.4) is 0 Å². The highest BCUT2D eigenvalue weighted by Gasteiger charge is 2.22. The molecule has 2 aromatic carbocycles. The van der Waals surface area contributed by atoms with Gasteiger partial charge in [0.2, 0.25) is 6.79 Å². The van der Waals surface area contributed by atoms with Gasteiger partial charge in [0.25, 0.3) is 0 Å². The molecular weight excluding hydrogens is 244 g/mol. The SMILES string of the molecule is O=C(c1ccccc1)C(O)c1ccc2c(c1)OCO2. The Morgan fingerprint density at radius 2 is 1.79 bits per heavy atom. The van der Waals surface area contributed by atoms with Gasteiger partial charge in [0, 0.05) is 5.56 Å². The average molecular weight is 256 g/mol. The molecule has 4 heteroatoms. The van der Waals surface area contributed by atoms with Crippen molar-refractivity contribution in [1.82, 2.24) is 0 Å². The summed E-state index contributed by atoms with van der Waals surface area (Å²) in [5.74, 6) is 0.847. The zero-order valence-electron chi connectivity index (χ0n) is 10.1. The predicted octanol–water partition coefficient (Wildman–Crippen LogP) is 2.33. The van der Waals surface area contributed by atoms with Gasteiger partial charge in [-0.1, -0.05) is 36.4 Å². The number of ether oxygens (including phenoxy) is 2. The second-order valence-corrected chi connectivity index (χ2v) is 4.25. The summed E-state index contributed by atoms with van der Waals surface area (Å²) in [5, 5.41) is 10.1. The summed E-state index contributed by atoms with van der Waals surface area (Å²) in [6.07, 6.45) is -1.20. The van der Waals surface area contributed by atoms with E-state index in [9.17, 15) is 9.90 Å². The fourth-order valence-corrected chi connectivity index (χ4v) is 1.99. The van der Waals surface area contributed by atoms with E-state index in [2.05, 4.69) is 0 Å². The van der Waals surface area contributed by atoms with Crippen molar-refractivity contribution in [2.75, 3.05) is 6.79 Å². The lowest BCUT2D eigenvalue weighted by atomic mass is 10.00. The summed E-state index contributed by atoms with van der Waals surface area (Å²) in [5.41, 5.74) is 0.978. The Morgan fingerprint density at radius 3 is 2.58 bits per heavy atom. The number of benzene rings is 2. The third-order valence-corrected chi connectivity index (χ3v) is 3.02. The van der Waals surface area contributed by atoms with Gasteiger partial charge >= 0.3 is 0 Å². The van der Waals surface area contributed by atoms with Crippen molar-refractivity contribution in [2.24, 2.45) is 0 Å². The minimum absolute atomic E-state index is 0.168. The average Bonchev–Trinajstić information content (AvgIpc) is 2.94. The number of aliphatic hydroxyl groups excluding tert-OH is 1. The van der Waals surface area contributed by atoms with Gasteiger partial charge in [0.1, 0.15) is 6.10 Å². The van der Waals surface area contributed by atoms with E-state index in [-0.39, 0.29) is 12.6 Å². The molecule has 0 amide bonds. The van der Waals surface area contributed by atoms with E-state index in [0.717, 1.165) is 0 Å². The van der Waals surface area contributed by atoms with Crippen molar-refractivity contribution < 1.29 is 19.4 Å². The van der Waals surface area contributed by atoms with Crippen LogP contribution >= 0.6 is 0 Å². The van der Waals surface area contributed by atoms with E-state index in [0.29, 0.717) is 22.6 Å². The molecule has 1 unspecified atom stereocenters. The zero-order valence-corrected chi connectivity index (χ0v) is 10.1. The lowest BCUT2D eigenvalue weighted by Crippen LogP contribution is -2.12. The van der Waals surface area contributed by atoms with E-state index in [1.54, 1.807) is 42.5 Å². The number of ketones is 1. The van der Waals surface area contributed by atoms with E-state index < -0.39 is 6.10 Å². The number of Topliss-reactive ketones (excluding diaryl/α,β-unsaturated/α-hetero) is 1. The number of carbonyl (C=O) groups excluding carboxylic acids is 1. The molecule has 1 heterocycles. The van der Waals surface area contributed by atoms with Gasteiger partial charge in [-0.05, 0) is 17.7 Å². The van der Waals surface area contributed by atoms with Crippen LogP contribution in [-0.2, 0) is 0 Å². The number of hydrogen-bond acceptors (Lipinski definition) is 4. The Hall–Kier alpha value is -2.33. The Morgan fingerprint density at radius 1 is 1.05 bits per heavy atom. The largest absolute Gasteiger partial charge is 0.454 e. The van der Waals surface area contributed by atoms with Crippen LogP contribution < -0.4 is 9.47 Å². The molecule has 19 heavy (non-hydrogen) atoms. The molecule has 0 bridgehead atoms. The molecule has 0 fully saturated rings. The summed E-state index contributed by atoms with van der Waals surface area (Å²) < 4.78 is 10.4. The highest BCUT2D eigenvalue weighted by Crippen LogP contribution is 2.34. The lowest BCUT2D eigenvalue weighted by molar-refractivity contribution is 0.0747. The number of hydrogen-bond donors (Lipinski definition) is 1. The summed E-state index contributed by atoms with van der Waals surface area (Å²) >= 11 is 0. The van der Waals surface area contributed by atoms with Gasteiger partial charge < -0.3 is 14.6 Å². The lowest BCUT2D eigenvalue weighted by Gasteiger charge is -2.10. The molecule has 0 saturated heterocycles. The number of aliphatic hydroxyl groups is 1. The standard InChI is InChI=1S/C15H12O4/c16-14(10-4-2-1-3-5-10)15(17)11-6-7-12-13(8-11)19-9-18-12/h1-8,15,17H,9H2. The maximum atomic E-state index is 12.1. The topological polar surface area (TPSA) is 55.8 Å². The van der Waals surface area contributed by atoms with E-state index in [1.165, 1.54) is 0 Å². The minimum Gasteiger partial charge on any atom is -0.454 e. The van der Waals surface area contributed by atoms with Gasteiger partial charge in [-0.25, -0.2) is 0 Å². The summed E-state index contributed by atoms with van der Waals surface area (Å²) in [6, 6.07) is 13.7. The summed E-state index contributed by atoms with van der Waals surface area (Å²) in [4.78, 5) is 12.1. The fourth-order valence-electron chi connectivity index (χ4n) is 1.99. The number of carbonyl (C=O) groups is 1. The molecule has 0 aliphatic carbocycles. The van der Waals surface area contributed by atoms with E-state index in [4.69, 9.17) is 9.47 Å². The quantitative estimate of drug-likeness (QED) is 0.856. The number of fused-ring (bicyclic) bond motifs is 1. The molecule has 1 N–H and O–H groups in total. The van der Waals surface area contributed by atoms with Crippen molar-refractivity contribution >= 4 is 5.78 Å². The van der Waals surface area contributed by atoms with Crippen molar-refractivity contribution in [3.8, 4) is 11.5 Å². The smallest absolute Gasteiger partial charge is 0.231 e. The van der Waals surface area contributed by atoms with Crippen LogP contribution in [0, 0.1) is 0 Å². The molecule has 1 aliphatic rings. The minimum atomic E-state index is -1.20. The van der Waals surface area contributed by atoms with Crippen LogP contribution in [0.5, 0.6) is 11.5 Å². The molecule has 1 atom stereocenters. The summed E-state index contributed by atoms with van der Waals surface area (Å²) in [6.45, 7) is 0.168. The fraction of sp³-hybridized carbons (Fsp3) is 0.133. The second kappa shape index (κ2) is 4.74.